The van der Waals surface area contributed by atoms with Crippen LogP contribution in [0.2, 0.25) is 0 Å². The van der Waals surface area contributed by atoms with E-state index >= 15 is 0 Å². The van der Waals surface area contributed by atoms with Crippen molar-refractivity contribution in [3.63, 3.8) is 0 Å². The summed E-state index contributed by atoms with van der Waals surface area (Å²) in [7, 11) is 0. The first-order valence-corrected chi connectivity index (χ1v) is 9.03. The van der Waals surface area contributed by atoms with Crippen molar-refractivity contribution in [1.82, 2.24) is 19.7 Å². The average molecular weight is 396 g/mol. The van der Waals surface area contributed by atoms with Crippen LogP contribution in [0.25, 0.3) is 0 Å². The number of carbonyl (C=O) groups is 1. The fourth-order valence-electron chi connectivity index (χ4n) is 3.35. The third-order valence-corrected chi connectivity index (χ3v) is 4.45. The molecule has 152 valence electrons. The first-order valence-electron chi connectivity index (χ1n) is 9.03. The van der Waals surface area contributed by atoms with E-state index in [2.05, 4.69) is 10.2 Å². The van der Waals surface area contributed by atoms with Crippen LogP contribution in [0.3, 0.4) is 0 Å². The highest BCUT2D eigenvalue weighted by Gasteiger charge is 2.45. The fraction of sp³-hybridized carbons (Fsp3) is 0.526. The summed E-state index contributed by atoms with van der Waals surface area (Å²) in [6.07, 6.45) is -4.89. The average Bonchev–Trinajstić information content (AvgIpc) is 3.02. The molecule has 2 heterocycles. The summed E-state index contributed by atoms with van der Waals surface area (Å²) in [6, 6.07) is 7.89. The monoisotopic (exact) mass is 396 g/mol. The molecule has 0 spiro atoms. The molecular weight excluding hydrogens is 373 g/mol. The Bertz CT molecular complexity index is 843. The molecule has 0 aliphatic carbocycles. The van der Waals surface area contributed by atoms with Crippen molar-refractivity contribution in [3.05, 3.63) is 47.5 Å². The first kappa shape index (κ1) is 20.2. The molecule has 1 amide bonds. The van der Waals surface area contributed by atoms with Crippen molar-refractivity contribution in [2.45, 2.75) is 58.0 Å². The van der Waals surface area contributed by atoms with Gasteiger partial charge in [0.15, 0.2) is 5.82 Å². The van der Waals surface area contributed by atoms with E-state index in [0.29, 0.717) is 6.42 Å². The molecule has 1 aliphatic heterocycles. The molecule has 1 aromatic carbocycles. The number of hydrogen-bond donors (Lipinski definition) is 0. The van der Waals surface area contributed by atoms with Crippen LogP contribution in [0.4, 0.5) is 18.0 Å². The van der Waals surface area contributed by atoms with Gasteiger partial charge in [0, 0.05) is 13.0 Å². The summed E-state index contributed by atoms with van der Waals surface area (Å²) in [5.41, 5.74) is 0.151. The van der Waals surface area contributed by atoms with Crippen molar-refractivity contribution in [1.29, 1.82) is 0 Å². The lowest BCUT2D eigenvalue weighted by Gasteiger charge is -2.39. The second kappa shape index (κ2) is 7.10. The predicted molar refractivity (Wildman–Crippen MR) is 95.6 cm³/mol. The number of ether oxygens (including phenoxy) is 1. The van der Waals surface area contributed by atoms with Gasteiger partial charge >= 0.3 is 12.3 Å². The standard InChI is InChI=1S/C19H23F3N4O2/c1-12-11-25(17(27)28-18(2,3)4)14(10-13-8-6-5-7-9-13)15-23-24-16(26(12)15)19(20,21)22/h5-9,12,14H,10-11H2,1-4H3. The number of alkyl halides is 3. The van der Waals surface area contributed by atoms with Crippen molar-refractivity contribution in [3.8, 4) is 0 Å². The number of halogens is 3. The molecule has 2 atom stereocenters. The molecule has 1 aliphatic rings. The molecule has 0 saturated heterocycles. The maximum absolute atomic E-state index is 13.4. The second-order valence-electron chi connectivity index (χ2n) is 7.94. The minimum atomic E-state index is -4.62. The summed E-state index contributed by atoms with van der Waals surface area (Å²) in [6.45, 7) is 6.91. The lowest BCUT2D eigenvalue weighted by Crippen LogP contribution is -2.47. The van der Waals surface area contributed by atoms with Gasteiger partial charge in [0.1, 0.15) is 5.60 Å². The molecule has 1 aromatic heterocycles. The van der Waals surface area contributed by atoms with Crippen LogP contribution >= 0.6 is 0 Å². The topological polar surface area (TPSA) is 60.3 Å². The van der Waals surface area contributed by atoms with Crippen LogP contribution in [-0.4, -0.2) is 37.9 Å². The van der Waals surface area contributed by atoms with Crippen LogP contribution in [0, 0.1) is 0 Å². The molecule has 28 heavy (non-hydrogen) atoms. The van der Waals surface area contributed by atoms with Crippen molar-refractivity contribution in [2.24, 2.45) is 0 Å². The van der Waals surface area contributed by atoms with E-state index in [9.17, 15) is 18.0 Å². The van der Waals surface area contributed by atoms with Crippen molar-refractivity contribution < 1.29 is 22.7 Å². The molecule has 0 bridgehead atoms. The van der Waals surface area contributed by atoms with Crippen LogP contribution in [0.5, 0.6) is 0 Å². The van der Waals surface area contributed by atoms with Crippen LogP contribution in [-0.2, 0) is 17.3 Å². The minimum Gasteiger partial charge on any atom is -0.444 e. The molecule has 0 radical (unpaired) electrons. The van der Waals surface area contributed by atoms with Gasteiger partial charge < -0.3 is 9.30 Å². The zero-order valence-corrected chi connectivity index (χ0v) is 16.2. The Labute approximate surface area is 161 Å². The Morgan fingerprint density at radius 3 is 2.39 bits per heavy atom. The molecule has 0 N–H and O–H groups in total. The predicted octanol–water partition coefficient (Wildman–Crippen LogP) is 4.39. The van der Waals surface area contributed by atoms with E-state index in [4.69, 9.17) is 4.74 Å². The van der Waals surface area contributed by atoms with Gasteiger partial charge in [-0.3, -0.25) is 4.90 Å². The van der Waals surface area contributed by atoms with Gasteiger partial charge in [0.25, 0.3) is 0 Å². The highest BCUT2D eigenvalue weighted by molar-refractivity contribution is 5.69. The quantitative estimate of drug-likeness (QED) is 0.755. The number of carbonyl (C=O) groups excluding carboxylic acids is 1. The lowest BCUT2D eigenvalue weighted by atomic mass is 10.0. The molecule has 0 saturated carbocycles. The third-order valence-electron chi connectivity index (χ3n) is 4.45. The number of hydrogen-bond acceptors (Lipinski definition) is 4. The number of nitrogens with zero attached hydrogens (tertiary/aromatic N) is 4. The maximum Gasteiger partial charge on any atom is 0.451 e. The lowest BCUT2D eigenvalue weighted by molar-refractivity contribution is -0.148. The van der Waals surface area contributed by atoms with Gasteiger partial charge in [0.2, 0.25) is 5.82 Å². The second-order valence-corrected chi connectivity index (χ2v) is 7.94. The van der Waals surface area contributed by atoms with Gasteiger partial charge in [-0.25, -0.2) is 4.79 Å². The van der Waals surface area contributed by atoms with E-state index in [1.54, 1.807) is 27.7 Å². The molecule has 9 heteroatoms. The molecule has 2 unspecified atom stereocenters. The van der Waals surface area contributed by atoms with Crippen LogP contribution < -0.4 is 0 Å². The fourth-order valence-corrected chi connectivity index (χ4v) is 3.35. The number of fused-ring (bicyclic) bond motifs is 1. The van der Waals surface area contributed by atoms with E-state index in [-0.39, 0.29) is 12.4 Å². The highest BCUT2D eigenvalue weighted by Crippen LogP contribution is 2.38. The zero-order chi connectivity index (χ0) is 20.7. The summed E-state index contributed by atoms with van der Waals surface area (Å²) >= 11 is 0. The SMILES string of the molecule is CC1CN(C(=O)OC(C)(C)C)C(Cc2ccccc2)c2nnc(C(F)(F)F)n21. The van der Waals surface area contributed by atoms with Crippen molar-refractivity contribution in [2.75, 3.05) is 6.54 Å². The summed E-state index contributed by atoms with van der Waals surface area (Å²) in [4.78, 5) is 14.2. The normalized spacial score (nSPS) is 20.0. The van der Waals surface area contributed by atoms with E-state index in [1.165, 1.54) is 4.90 Å². The van der Waals surface area contributed by atoms with E-state index in [1.807, 2.05) is 30.3 Å². The van der Waals surface area contributed by atoms with Gasteiger partial charge in [-0.05, 0) is 33.3 Å². The zero-order valence-electron chi connectivity index (χ0n) is 16.2. The van der Waals surface area contributed by atoms with Crippen LogP contribution in [0.15, 0.2) is 30.3 Å². The third kappa shape index (κ3) is 4.13. The van der Waals surface area contributed by atoms with E-state index < -0.39 is 35.8 Å². The number of benzene rings is 1. The highest BCUT2D eigenvalue weighted by atomic mass is 19.4. The minimum absolute atomic E-state index is 0.0700. The number of amides is 1. The van der Waals surface area contributed by atoms with Gasteiger partial charge in [-0.15, -0.1) is 10.2 Å². The molecule has 6 nitrogen and oxygen atoms in total. The van der Waals surface area contributed by atoms with Gasteiger partial charge in [0.05, 0.1) is 12.1 Å². The summed E-state index contributed by atoms with van der Waals surface area (Å²) in [5.74, 6) is -0.933. The molecule has 0 fully saturated rings. The van der Waals surface area contributed by atoms with Gasteiger partial charge in [-0.2, -0.15) is 13.2 Å². The number of aromatic nitrogens is 3. The molecular formula is C19H23F3N4O2. The van der Waals surface area contributed by atoms with E-state index in [0.717, 1.165) is 10.1 Å². The van der Waals surface area contributed by atoms with Crippen LogP contribution in [0.1, 0.15) is 57.0 Å². The Hall–Kier alpha value is -2.58. The number of rotatable bonds is 2. The Balaban J connectivity index is 2.04. The first-order chi connectivity index (χ1) is 13.0. The summed E-state index contributed by atoms with van der Waals surface area (Å²) < 4.78 is 46.7. The Morgan fingerprint density at radius 1 is 1.18 bits per heavy atom. The van der Waals surface area contributed by atoms with Gasteiger partial charge in [-0.1, -0.05) is 30.3 Å². The van der Waals surface area contributed by atoms with Crippen molar-refractivity contribution >= 4 is 6.09 Å². The smallest absolute Gasteiger partial charge is 0.444 e. The summed E-state index contributed by atoms with van der Waals surface area (Å²) in [5, 5.41) is 7.21. The molecule has 3 rings (SSSR count). The molecule has 2 aromatic rings. The maximum atomic E-state index is 13.4. The largest absolute Gasteiger partial charge is 0.451 e. The Kier molecular flexibility index (Phi) is 5.12. The Morgan fingerprint density at radius 2 is 1.82 bits per heavy atom.